The van der Waals surface area contributed by atoms with Crippen LogP contribution in [0, 0.1) is 12.7 Å². The van der Waals surface area contributed by atoms with Crippen molar-refractivity contribution in [3.63, 3.8) is 0 Å². The third kappa shape index (κ3) is 2.29. The summed E-state index contributed by atoms with van der Waals surface area (Å²) in [4.78, 5) is 0. The van der Waals surface area contributed by atoms with Crippen LogP contribution in [0.2, 0.25) is 0 Å². The first-order valence-corrected chi connectivity index (χ1v) is 4.05. The molecule has 0 atom stereocenters. The third-order valence-electron chi connectivity index (χ3n) is 1.97. The van der Waals surface area contributed by atoms with Crippen LogP contribution in [0.5, 0.6) is 0 Å². The Kier molecular flexibility index (Phi) is 2.75. The lowest BCUT2D eigenvalue weighted by atomic mass is 10.0. The summed E-state index contributed by atoms with van der Waals surface area (Å²) in [5.74, 6) is -1.30. The molecule has 15 heavy (non-hydrogen) atoms. The van der Waals surface area contributed by atoms with E-state index in [1.165, 1.54) is 6.92 Å². The zero-order chi connectivity index (χ0) is 11.8. The van der Waals surface area contributed by atoms with E-state index in [9.17, 15) is 17.6 Å². The SMILES string of the molecule is C=C(N)c1cc(C(F)(F)F)c(F)cc1C. The number of benzene rings is 1. The molecule has 0 aliphatic carbocycles. The van der Waals surface area contributed by atoms with Gasteiger partial charge in [-0.2, -0.15) is 13.2 Å². The van der Waals surface area contributed by atoms with E-state index in [-0.39, 0.29) is 11.3 Å². The number of hydrogen-bond acceptors (Lipinski definition) is 1. The van der Waals surface area contributed by atoms with Gasteiger partial charge in [0.05, 0.1) is 5.56 Å². The summed E-state index contributed by atoms with van der Waals surface area (Å²) in [6.07, 6.45) is -4.72. The average molecular weight is 219 g/mol. The molecule has 1 nitrogen and oxygen atoms in total. The van der Waals surface area contributed by atoms with E-state index in [1.54, 1.807) is 0 Å². The summed E-state index contributed by atoms with van der Waals surface area (Å²) >= 11 is 0. The molecule has 0 saturated carbocycles. The third-order valence-corrected chi connectivity index (χ3v) is 1.97. The van der Waals surface area contributed by atoms with Crippen molar-refractivity contribution in [2.24, 2.45) is 5.73 Å². The summed E-state index contributed by atoms with van der Waals surface area (Å²) in [6.45, 7) is 4.80. The molecule has 5 heteroatoms. The standard InChI is InChI=1S/C10H9F4N/c1-5-3-9(11)8(10(12,13)14)4-7(5)6(2)15/h3-4H,2,15H2,1H3. The van der Waals surface area contributed by atoms with Crippen LogP contribution < -0.4 is 5.73 Å². The first kappa shape index (κ1) is 11.6. The van der Waals surface area contributed by atoms with Crippen molar-refractivity contribution >= 4 is 5.70 Å². The molecule has 0 aliphatic heterocycles. The highest BCUT2D eigenvalue weighted by Crippen LogP contribution is 2.33. The maximum Gasteiger partial charge on any atom is 0.419 e. The number of halogens is 4. The number of rotatable bonds is 1. The minimum atomic E-state index is -4.72. The molecule has 1 aromatic carbocycles. The number of aryl methyl sites for hydroxylation is 1. The summed E-state index contributed by atoms with van der Waals surface area (Å²) in [5.41, 5.74) is 4.39. The Balaban J connectivity index is 3.43. The Labute approximate surface area is 84.2 Å². The van der Waals surface area contributed by atoms with Gasteiger partial charge >= 0.3 is 6.18 Å². The van der Waals surface area contributed by atoms with E-state index in [4.69, 9.17) is 5.73 Å². The summed E-state index contributed by atoms with van der Waals surface area (Å²) in [6, 6.07) is 1.48. The van der Waals surface area contributed by atoms with E-state index < -0.39 is 17.6 Å². The van der Waals surface area contributed by atoms with Gasteiger partial charge in [0.25, 0.3) is 0 Å². The molecule has 0 saturated heterocycles. The van der Waals surface area contributed by atoms with Crippen LogP contribution in [-0.2, 0) is 6.18 Å². The molecule has 1 aromatic rings. The van der Waals surface area contributed by atoms with Crippen molar-refractivity contribution < 1.29 is 17.6 Å². The normalized spacial score (nSPS) is 11.5. The average Bonchev–Trinajstić information content (AvgIpc) is 2.00. The highest BCUT2D eigenvalue weighted by Gasteiger charge is 2.34. The second kappa shape index (κ2) is 3.56. The Morgan fingerprint density at radius 3 is 2.27 bits per heavy atom. The van der Waals surface area contributed by atoms with Crippen molar-refractivity contribution in [3.8, 4) is 0 Å². The molecule has 0 aromatic heterocycles. The van der Waals surface area contributed by atoms with Gasteiger partial charge < -0.3 is 5.73 Å². The summed E-state index contributed by atoms with van der Waals surface area (Å²) < 4.78 is 49.9. The predicted molar refractivity (Wildman–Crippen MR) is 49.4 cm³/mol. The van der Waals surface area contributed by atoms with E-state index in [1.807, 2.05) is 0 Å². The Morgan fingerprint density at radius 2 is 1.87 bits per heavy atom. The van der Waals surface area contributed by atoms with Gasteiger partial charge in [-0.3, -0.25) is 0 Å². The smallest absolute Gasteiger partial charge is 0.399 e. The van der Waals surface area contributed by atoms with Crippen molar-refractivity contribution in [2.75, 3.05) is 0 Å². The topological polar surface area (TPSA) is 26.0 Å². The minimum absolute atomic E-state index is 0.0157. The number of nitrogens with two attached hydrogens (primary N) is 1. The van der Waals surface area contributed by atoms with E-state index >= 15 is 0 Å². The molecule has 0 fully saturated rings. The van der Waals surface area contributed by atoms with Crippen LogP contribution >= 0.6 is 0 Å². The quantitative estimate of drug-likeness (QED) is 0.721. The highest BCUT2D eigenvalue weighted by molar-refractivity contribution is 5.64. The van der Waals surface area contributed by atoms with Crippen molar-refractivity contribution in [3.05, 3.63) is 41.2 Å². The molecular weight excluding hydrogens is 210 g/mol. The lowest BCUT2D eigenvalue weighted by Gasteiger charge is -2.12. The van der Waals surface area contributed by atoms with Crippen LogP contribution in [0.15, 0.2) is 18.7 Å². The summed E-state index contributed by atoms with van der Waals surface area (Å²) in [5, 5.41) is 0. The monoisotopic (exact) mass is 219 g/mol. The molecule has 0 spiro atoms. The van der Waals surface area contributed by atoms with E-state index in [2.05, 4.69) is 6.58 Å². The van der Waals surface area contributed by atoms with Gasteiger partial charge in [-0.05, 0) is 24.6 Å². The molecule has 82 valence electrons. The zero-order valence-electron chi connectivity index (χ0n) is 7.95. The van der Waals surface area contributed by atoms with Gasteiger partial charge in [0.1, 0.15) is 5.82 Å². The lowest BCUT2D eigenvalue weighted by Crippen LogP contribution is -2.10. The fourth-order valence-electron chi connectivity index (χ4n) is 1.24. The van der Waals surface area contributed by atoms with Crippen molar-refractivity contribution in [1.82, 2.24) is 0 Å². The largest absolute Gasteiger partial charge is 0.419 e. The first-order valence-electron chi connectivity index (χ1n) is 4.05. The highest BCUT2D eigenvalue weighted by atomic mass is 19.4. The van der Waals surface area contributed by atoms with Gasteiger partial charge in [0, 0.05) is 11.3 Å². The molecule has 0 amide bonds. The van der Waals surface area contributed by atoms with Gasteiger partial charge in [0.2, 0.25) is 0 Å². The van der Waals surface area contributed by atoms with E-state index in [0.29, 0.717) is 11.6 Å². The molecule has 0 unspecified atom stereocenters. The molecule has 0 aliphatic rings. The zero-order valence-corrected chi connectivity index (χ0v) is 7.95. The van der Waals surface area contributed by atoms with Crippen LogP contribution in [0.4, 0.5) is 17.6 Å². The van der Waals surface area contributed by atoms with Crippen LogP contribution in [0.3, 0.4) is 0 Å². The number of hydrogen-bond donors (Lipinski definition) is 1. The molecule has 0 bridgehead atoms. The molecule has 0 heterocycles. The Hall–Kier alpha value is -1.52. The van der Waals surface area contributed by atoms with Gasteiger partial charge in [0.15, 0.2) is 0 Å². The maximum absolute atomic E-state index is 13.0. The maximum atomic E-state index is 13.0. The van der Waals surface area contributed by atoms with Crippen LogP contribution in [-0.4, -0.2) is 0 Å². The van der Waals surface area contributed by atoms with E-state index in [0.717, 1.165) is 6.07 Å². The predicted octanol–water partition coefficient (Wildman–Crippen LogP) is 3.08. The van der Waals surface area contributed by atoms with Gasteiger partial charge in [-0.25, -0.2) is 4.39 Å². The van der Waals surface area contributed by atoms with Gasteiger partial charge in [-0.15, -0.1) is 0 Å². The second-order valence-electron chi connectivity index (χ2n) is 3.17. The van der Waals surface area contributed by atoms with Crippen LogP contribution in [0.25, 0.3) is 5.70 Å². The second-order valence-corrected chi connectivity index (χ2v) is 3.17. The van der Waals surface area contributed by atoms with Crippen molar-refractivity contribution in [1.29, 1.82) is 0 Å². The Bertz CT molecular complexity index is 407. The van der Waals surface area contributed by atoms with Crippen molar-refractivity contribution in [2.45, 2.75) is 13.1 Å². The minimum Gasteiger partial charge on any atom is -0.399 e. The molecular formula is C10H9F4N. The fraction of sp³-hybridized carbons (Fsp3) is 0.200. The molecule has 2 N–H and O–H groups in total. The first-order chi connectivity index (χ1) is 6.73. The molecule has 0 radical (unpaired) electrons. The summed E-state index contributed by atoms with van der Waals surface area (Å²) in [7, 11) is 0. The fourth-order valence-corrected chi connectivity index (χ4v) is 1.24. The number of alkyl halides is 3. The molecule has 1 rings (SSSR count). The Morgan fingerprint density at radius 1 is 1.33 bits per heavy atom. The van der Waals surface area contributed by atoms with Gasteiger partial charge in [-0.1, -0.05) is 6.58 Å². The lowest BCUT2D eigenvalue weighted by molar-refractivity contribution is -0.140. The van der Waals surface area contributed by atoms with Crippen LogP contribution in [0.1, 0.15) is 16.7 Å².